The Balaban J connectivity index is 2.11. The Labute approximate surface area is 165 Å². The van der Waals surface area contributed by atoms with Gasteiger partial charge in [0.2, 0.25) is 10.0 Å². The van der Waals surface area contributed by atoms with Crippen LogP contribution in [0.5, 0.6) is 0 Å². The van der Waals surface area contributed by atoms with Crippen molar-refractivity contribution >= 4 is 49.7 Å². The van der Waals surface area contributed by atoms with Crippen LogP contribution in [0.3, 0.4) is 0 Å². The zero-order valence-corrected chi connectivity index (χ0v) is 16.8. The lowest BCUT2D eigenvalue weighted by Gasteiger charge is -2.15. The van der Waals surface area contributed by atoms with Gasteiger partial charge in [0.15, 0.2) is 11.6 Å². The number of sulfonamides is 1. The molecule has 148 valence electrons. The highest BCUT2D eigenvalue weighted by molar-refractivity contribution is 7.92. The fourth-order valence-electron chi connectivity index (χ4n) is 2.59. The van der Waals surface area contributed by atoms with Gasteiger partial charge in [-0.3, -0.25) is 9.52 Å². The van der Waals surface area contributed by atoms with Crippen molar-refractivity contribution in [1.29, 1.82) is 0 Å². The number of nitrogens with zero attached hydrogens (tertiary/aromatic N) is 3. The predicted octanol–water partition coefficient (Wildman–Crippen LogP) is 2.93. The van der Waals surface area contributed by atoms with Gasteiger partial charge in [-0.25, -0.2) is 22.8 Å². The number of aromatic nitrogens is 3. The standard InChI is InChI=1S/C17H17ClFN5O3S/c1-4-28(26,27)23-16-14(18)15(10(19)7-20-16)22-11-5-6-12-13(9(11)2)17(25)24(3)8-21-12/h5-8H,4H2,1-3H3,(H2,20,22,23). The summed E-state index contributed by atoms with van der Waals surface area (Å²) in [6, 6.07) is 3.26. The van der Waals surface area contributed by atoms with Crippen molar-refractivity contribution in [2.45, 2.75) is 13.8 Å². The lowest BCUT2D eigenvalue weighted by atomic mass is 10.1. The van der Waals surface area contributed by atoms with Crippen molar-refractivity contribution in [3.05, 3.63) is 51.4 Å². The number of pyridine rings is 1. The second-order valence-corrected chi connectivity index (χ2v) is 8.46. The van der Waals surface area contributed by atoms with Crippen LogP contribution in [0.25, 0.3) is 10.9 Å². The molecule has 0 fully saturated rings. The van der Waals surface area contributed by atoms with Crippen molar-refractivity contribution in [2.75, 3.05) is 15.8 Å². The average molecular weight is 426 g/mol. The molecule has 0 atom stereocenters. The minimum absolute atomic E-state index is 0.159. The molecule has 1 aromatic carbocycles. The highest BCUT2D eigenvalue weighted by Crippen LogP contribution is 2.35. The SMILES string of the molecule is CCS(=O)(=O)Nc1ncc(F)c(Nc2ccc3ncn(C)c(=O)c3c2C)c1Cl. The van der Waals surface area contributed by atoms with Crippen LogP contribution in [0.15, 0.2) is 29.5 Å². The van der Waals surface area contributed by atoms with E-state index in [1.165, 1.54) is 17.8 Å². The van der Waals surface area contributed by atoms with Gasteiger partial charge >= 0.3 is 0 Å². The van der Waals surface area contributed by atoms with E-state index in [1.807, 2.05) is 0 Å². The summed E-state index contributed by atoms with van der Waals surface area (Å²) in [5.41, 5.74) is 1.07. The second kappa shape index (κ2) is 7.36. The largest absolute Gasteiger partial charge is 0.352 e. The third kappa shape index (κ3) is 3.65. The molecule has 0 aliphatic heterocycles. The minimum atomic E-state index is -3.64. The minimum Gasteiger partial charge on any atom is -0.352 e. The van der Waals surface area contributed by atoms with Crippen molar-refractivity contribution < 1.29 is 12.8 Å². The molecule has 8 nitrogen and oxygen atoms in total. The number of hydrogen-bond acceptors (Lipinski definition) is 6. The fourth-order valence-corrected chi connectivity index (χ4v) is 3.48. The van der Waals surface area contributed by atoms with E-state index in [0.29, 0.717) is 22.2 Å². The number of rotatable bonds is 5. The molecule has 0 amide bonds. The van der Waals surface area contributed by atoms with Crippen molar-refractivity contribution in [2.24, 2.45) is 7.05 Å². The van der Waals surface area contributed by atoms with E-state index in [0.717, 1.165) is 6.20 Å². The normalized spacial score (nSPS) is 11.6. The maximum atomic E-state index is 14.4. The molecular weight excluding hydrogens is 409 g/mol. The first-order chi connectivity index (χ1) is 13.1. The Kier molecular flexibility index (Phi) is 5.26. The first kappa shape index (κ1) is 20.0. The Morgan fingerprint density at radius 2 is 2.00 bits per heavy atom. The molecule has 2 heterocycles. The highest BCUT2D eigenvalue weighted by Gasteiger charge is 2.19. The lowest BCUT2D eigenvalue weighted by Crippen LogP contribution is -2.18. The van der Waals surface area contributed by atoms with E-state index in [-0.39, 0.29) is 27.8 Å². The van der Waals surface area contributed by atoms with Gasteiger partial charge < -0.3 is 9.88 Å². The smallest absolute Gasteiger partial charge is 0.261 e. The van der Waals surface area contributed by atoms with Crippen LogP contribution in [0.1, 0.15) is 12.5 Å². The van der Waals surface area contributed by atoms with Gasteiger partial charge in [0.25, 0.3) is 5.56 Å². The first-order valence-corrected chi connectivity index (χ1v) is 10.2. The van der Waals surface area contributed by atoms with Crippen LogP contribution < -0.4 is 15.6 Å². The van der Waals surface area contributed by atoms with Gasteiger partial charge in [-0.2, -0.15) is 0 Å². The Bertz CT molecular complexity index is 1240. The second-order valence-electron chi connectivity index (χ2n) is 6.07. The number of fused-ring (bicyclic) bond motifs is 1. The molecule has 3 aromatic rings. The van der Waals surface area contributed by atoms with Gasteiger partial charge in [0.1, 0.15) is 5.02 Å². The van der Waals surface area contributed by atoms with Gasteiger partial charge in [-0.15, -0.1) is 0 Å². The number of halogens is 2. The van der Waals surface area contributed by atoms with E-state index in [4.69, 9.17) is 11.6 Å². The maximum Gasteiger partial charge on any atom is 0.261 e. The number of benzene rings is 1. The Hall–Kier alpha value is -2.72. The molecule has 28 heavy (non-hydrogen) atoms. The third-order valence-corrected chi connectivity index (χ3v) is 5.84. The van der Waals surface area contributed by atoms with Crippen molar-refractivity contribution in [1.82, 2.24) is 14.5 Å². The van der Waals surface area contributed by atoms with Gasteiger partial charge in [0.05, 0.1) is 34.9 Å². The molecule has 0 bridgehead atoms. The summed E-state index contributed by atoms with van der Waals surface area (Å²) in [6.45, 7) is 3.15. The number of nitrogens with one attached hydrogen (secondary N) is 2. The number of aryl methyl sites for hydroxylation is 2. The highest BCUT2D eigenvalue weighted by atomic mass is 35.5. The molecule has 11 heteroatoms. The van der Waals surface area contributed by atoms with Crippen LogP contribution in [-0.2, 0) is 17.1 Å². The van der Waals surface area contributed by atoms with E-state index < -0.39 is 15.8 Å². The molecular formula is C17H17ClFN5O3S. The summed E-state index contributed by atoms with van der Waals surface area (Å²) in [6.07, 6.45) is 2.28. The average Bonchev–Trinajstić information content (AvgIpc) is 2.65. The molecule has 2 N–H and O–H groups in total. The van der Waals surface area contributed by atoms with Crippen molar-refractivity contribution in [3.8, 4) is 0 Å². The predicted molar refractivity (Wildman–Crippen MR) is 107 cm³/mol. The van der Waals surface area contributed by atoms with Gasteiger partial charge in [-0.05, 0) is 31.5 Å². The Morgan fingerprint density at radius 1 is 1.29 bits per heavy atom. The summed E-state index contributed by atoms with van der Waals surface area (Å²) in [5, 5.41) is 2.99. The van der Waals surface area contributed by atoms with E-state index in [2.05, 4.69) is 20.0 Å². The fraction of sp³-hybridized carbons (Fsp3) is 0.235. The van der Waals surface area contributed by atoms with E-state index in [9.17, 15) is 17.6 Å². The van der Waals surface area contributed by atoms with E-state index in [1.54, 1.807) is 26.1 Å². The molecule has 0 spiro atoms. The van der Waals surface area contributed by atoms with Crippen LogP contribution >= 0.6 is 11.6 Å². The van der Waals surface area contributed by atoms with Crippen LogP contribution in [-0.4, -0.2) is 28.7 Å². The molecule has 0 aliphatic rings. The quantitative estimate of drug-likeness (QED) is 0.651. The summed E-state index contributed by atoms with van der Waals surface area (Å²) < 4.78 is 41.5. The number of anilines is 3. The molecule has 0 radical (unpaired) electrons. The molecule has 2 aromatic heterocycles. The third-order valence-electron chi connectivity index (χ3n) is 4.21. The summed E-state index contributed by atoms with van der Waals surface area (Å²) >= 11 is 6.18. The summed E-state index contributed by atoms with van der Waals surface area (Å²) in [5.74, 6) is -1.16. The van der Waals surface area contributed by atoms with Crippen LogP contribution in [0, 0.1) is 12.7 Å². The van der Waals surface area contributed by atoms with Crippen molar-refractivity contribution in [3.63, 3.8) is 0 Å². The van der Waals surface area contributed by atoms with Crippen LogP contribution in [0.4, 0.5) is 21.6 Å². The maximum absolute atomic E-state index is 14.4. The van der Waals surface area contributed by atoms with Gasteiger partial charge in [0, 0.05) is 12.7 Å². The lowest BCUT2D eigenvalue weighted by molar-refractivity contribution is 0.601. The molecule has 0 saturated heterocycles. The molecule has 0 saturated carbocycles. The monoisotopic (exact) mass is 425 g/mol. The van der Waals surface area contributed by atoms with E-state index >= 15 is 0 Å². The molecule has 0 aliphatic carbocycles. The van der Waals surface area contributed by atoms with Crippen LogP contribution in [0.2, 0.25) is 5.02 Å². The zero-order chi connectivity index (χ0) is 20.6. The number of hydrogen-bond donors (Lipinski definition) is 2. The zero-order valence-electron chi connectivity index (χ0n) is 15.2. The topological polar surface area (TPSA) is 106 Å². The summed E-state index contributed by atoms with van der Waals surface area (Å²) in [4.78, 5) is 20.3. The van der Waals surface area contributed by atoms with Gasteiger partial charge in [-0.1, -0.05) is 11.6 Å². The summed E-state index contributed by atoms with van der Waals surface area (Å²) in [7, 11) is -2.06. The first-order valence-electron chi connectivity index (χ1n) is 8.21. The molecule has 3 rings (SSSR count). The Morgan fingerprint density at radius 3 is 2.68 bits per heavy atom. The molecule has 0 unspecified atom stereocenters.